The Labute approximate surface area is 134 Å². The average molecular weight is 319 g/mol. The van der Waals surface area contributed by atoms with E-state index in [0.29, 0.717) is 5.69 Å². The van der Waals surface area contributed by atoms with Crippen LogP contribution in [0, 0.1) is 0 Å². The van der Waals surface area contributed by atoms with Crippen LogP contribution in [0.25, 0.3) is 0 Å². The van der Waals surface area contributed by atoms with Crippen molar-refractivity contribution < 1.29 is 19.8 Å². The summed E-state index contributed by atoms with van der Waals surface area (Å²) in [6.07, 6.45) is 0.0456. The van der Waals surface area contributed by atoms with Crippen LogP contribution < -0.4 is 10.6 Å². The zero-order valence-corrected chi connectivity index (χ0v) is 13.3. The number of nitrogens with one attached hydrogen (secondary N) is 2. The molecule has 4 N–H and O–H groups in total. The Kier molecular flexibility index (Phi) is 7.11. The molecular formula is C16H21N3O4. The van der Waals surface area contributed by atoms with Gasteiger partial charge >= 0.3 is 0 Å². The Hall–Kier alpha value is -2.51. The van der Waals surface area contributed by atoms with Crippen molar-refractivity contribution in [2.75, 3.05) is 19.4 Å². The molecule has 0 saturated heterocycles. The number of aliphatic imine (C=N–C) groups is 1. The number of hydrogen-bond donors (Lipinski definition) is 4. The molecule has 7 nitrogen and oxygen atoms in total. The lowest BCUT2D eigenvalue weighted by molar-refractivity contribution is -0.142. The number of amides is 2. The molecule has 0 heterocycles. The van der Waals surface area contributed by atoms with Crippen LogP contribution in [0.3, 0.4) is 0 Å². The van der Waals surface area contributed by atoms with Crippen molar-refractivity contribution in [3.05, 3.63) is 42.0 Å². The van der Waals surface area contributed by atoms with Crippen molar-refractivity contribution in [2.45, 2.75) is 19.1 Å². The highest BCUT2D eigenvalue weighted by atomic mass is 16.3. The topological polar surface area (TPSA) is 111 Å². The normalized spacial score (nSPS) is 14.4. The number of allylic oxidation sites excluding steroid dienone is 2. The van der Waals surface area contributed by atoms with Crippen LogP contribution in [-0.4, -0.2) is 54.0 Å². The monoisotopic (exact) mass is 319 g/mol. The first kappa shape index (κ1) is 18.5. The molecule has 0 bridgehead atoms. The van der Waals surface area contributed by atoms with E-state index in [1.54, 1.807) is 31.3 Å². The molecular weight excluding hydrogens is 298 g/mol. The number of anilines is 1. The number of carbonyl (C=O) groups is 2. The van der Waals surface area contributed by atoms with Crippen molar-refractivity contribution in [1.82, 2.24) is 5.32 Å². The summed E-state index contributed by atoms with van der Waals surface area (Å²) in [5, 5.41) is 23.7. The molecule has 0 fully saturated rings. The molecule has 0 aliphatic rings. The van der Waals surface area contributed by atoms with Gasteiger partial charge in [0.05, 0.1) is 5.71 Å². The van der Waals surface area contributed by atoms with E-state index in [0.717, 1.165) is 11.3 Å². The Bertz CT molecular complexity index is 608. The second kappa shape index (κ2) is 8.82. The predicted molar refractivity (Wildman–Crippen MR) is 88.4 cm³/mol. The van der Waals surface area contributed by atoms with E-state index in [-0.39, 0.29) is 0 Å². The van der Waals surface area contributed by atoms with Crippen molar-refractivity contribution >= 4 is 23.2 Å². The molecule has 0 saturated carbocycles. The number of hydrogen-bond acceptors (Lipinski definition) is 5. The summed E-state index contributed by atoms with van der Waals surface area (Å²) in [5.41, 5.74) is 2.09. The summed E-state index contributed by atoms with van der Waals surface area (Å²) in [5.74, 6) is -1.70. The van der Waals surface area contributed by atoms with E-state index >= 15 is 0 Å². The van der Waals surface area contributed by atoms with Gasteiger partial charge in [0.15, 0.2) is 12.2 Å². The van der Waals surface area contributed by atoms with Crippen LogP contribution in [0.4, 0.5) is 5.69 Å². The first-order valence-electron chi connectivity index (χ1n) is 7.03. The molecule has 7 heteroatoms. The summed E-state index contributed by atoms with van der Waals surface area (Å²) in [7, 11) is 2.98. The molecule has 0 aromatic heterocycles. The van der Waals surface area contributed by atoms with E-state index < -0.39 is 24.0 Å². The van der Waals surface area contributed by atoms with E-state index in [1.165, 1.54) is 7.05 Å². The van der Waals surface area contributed by atoms with Gasteiger partial charge in [-0.05, 0) is 30.7 Å². The zero-order valence-electron chi connectivity index (χ0n) is 13.3. The average Bonchev–Trinajstić information content (AvgIpc) is 2.58. The van der Waals surface area contributed by atoms with Gasteiger partial charge in [0, 0.05) is 19.8 Å². The minimum atomic E-state index is -1.86. The summed E-state index contributed by atoms with van der Waals surface area (Å²) >= 11 is 0. The van der Waals surface area contributed by atoms with E-state index in [1.807, 2.05) is 19.1 Å². The fourth-order valence-corrected chi connectivity index (χ4v) is 1.83. The molecule has 1 rings (SSSR count). The van der Waals surface area contributed by atoms with Crippen LogP contribution in [0.15, 0.2) is 41.4 Å². The Morgan fingerprint density at radius 2 is 1.70 bits per heavy atom. The highest BCUT2D eigenvalue weighted by molar-refractivity contribution is 6.09. The molecule has 23 heavy (non-hydrogen) atoms. The number of nitrogens with zero attached hydrogens (tertiary/aromatic N) is 1. The van der Waals surface area contributed by atoms with E-state index in [2.05, 4.69) is 15.6 Å². The van der Waals surface area contributed by atoms with Gasteiger partial charge in [0.25, 0.3) is 11.8 Å². The van der Waals surface area contributed by atoms with E-state index in [9.17, 15) is 19.8 Å². The standard InChI is InChI=1S/C16H21N3O4/c1-4-5-12(17-2)10-6-8-11(9-7-10)19-16(23)14(21)13(20)15(22)18-3/h4-9,13-14,20-21H,1-3H3,(H,18,22)(H,19,23)/b5-4-,17-12?/t13-,14?/m1/s1. The second-order valence-electron chi connectivity index (χ2n) is 4.68. The predicted octanol–water partition coefficient (Wildman–Crippen LogP) is 0.0879. The summed E-state index contributed by atoms with van der Waals surface area (Å²) < 4.78 is 0. The summed E-state index contributed by atoms with van der Waals surface area (Å²) in [6, 6.07) is 6.81. The van der Waals surface area contributed by atoms with Crippen LogP contribution in [0.2, 0.25) is 0 Å². The third-order valence-electron chi connectivity index (χ3n) is 3.10. The maximum absolute atomic E-state index is 11.8. The number of rotatable bonds is 6. The van der Waals surface area contributed by atoms with Gasteiger partial charge in [-0.1, -0.05) is 18.2 Å². The first-order chi connectivity index (χ1) is 10.9. The highest BCUT2D eigenvalue weighted by Crippen LogP contribution is 2.12. The van der Waals surface area contributed by atoms with Gasteiger partial charge in [-0.2, -0.15) is 0 Å². The lowest BCUT2D eigenvalue weighted by Crippen LogP contribution is -2.46. The lowest BCUT2D eigenvalue weighted by Gasteiger charge is -2.16. The van der Waals surface area contributed by atoms with Gasteiger partial charge in [-0.15, -0.1) is 0 Å². The van der Waals surface area contributed by atoms with Gasteiger partial charge in [-0.3, -0.25) is 14.6 Å². The van der Waals surface area contributed by atoms with Crippen LogP contribution in [-0.2, 0) is 9.59 Å². The van der Waals surface area contributed by atoms with Gasteiger partial charge in [0.1, 0.15) is 0 Å². The number of aliphatic hydroxyl groups is 2. The molecule has 0 radical (unpaired) electrons. The molecule has 0 aliphatic carbocycles. The number of benzene rings is 1. The smallest absolute Gasteiger partial charge is 0.256 e. The Morgan fingerprint density at radius 3 is 2.17 bits per heavy atom. The molecule has 1 aromatic rings. The van der Waals surface area contributed by atoms with Crippen LogP contribution in [0.1, 0.15) is 12.5 Å². The molecule has 0 spiro atoms. The third-order valence-corrected chi connectivity index (χ3v) is 3.10. The lowest BCUT2D eigenvalue weighted by atomic mass is 10.1. The summed E-state index contributed by atoms with van der Waals surface area (Å²) in [4.78, 5) is 27.2. The number of aliphatic hydroxyl groups excluding tert-OH is 2. The van der Waals surface area contributed by atoms with E-state index in [4.69, 9.17) is 0 Å². The van der Waals surface area contributed by atoms with Gasteiger partial charge in [-0.25, -0.2) is 0 Å². The van der Waals surface area contributed by atoms with Gasteiger partial charge in [0.2, 0.25) is 0 Å². The zero-order chi connectivity index (χ0) is 17.4. The SMILES string of the molecule is C/C=C\C(=NC)c1ccc(NC(=O)C(O)[C@@H](O)C(=O)NC)cc1. The Morgan fingerprint density at radius 1 is 1.13 bits per heavy atom. The number of carbonyl (C=O) groups excluding carboxylic acids is 2. The largest absolute Gasteiger partial charge is 0.380 e. The molecule has 1 unspecified atom stereocenters. The molecule has 1 aromatic carbocycles. The summed E-state index contributed by atoms with van der Waals surface area (Å²) in [6.45, 7) is 1.89. The highest BCUT2D eigenvalue weighted by Gasteiger charge is 2.29. The van der Waals surface area contributed by atoms with Crippen LogP contribution >= 0.6 is 0 Å². The first-order valence-corrected chi connectivity index (χ1v) is 7.03. The quantitative estimate of drug-likeness (QED) is 0.557. The minimum Gasteiger partial charge on any atom is -0.380 e. The third kappa shape index (κ3) is 5.01. The molecule has 2 atom stereocenters. The second-order valence-corrected chi connectivity index (χ2v) is 4.68. The Balaban J connectivity index is 2.78. The van der Waals surface area contributed by atoms with Gasteiger partial charge < -0.3 is 20.8 Å². The maximum atomic E-state index is 11.8. The fourth-order valence-electron chi connectivity index (χ4n) is 1.83. The van der Waals surface area contributed by atoms with Crippen molar-refractivity contribution in [3.63, 3.8) is 0 Å². The van der Waals surface area contributed by atoms with Crippen molar-refractivity contribution in [1.29, 1.82) is 0 Å². The number of likely N-dealkylation sites (N-methyl/N-ethyl adjacent to an activating group) is 1. The molecule has 2 amide bonds. The maximum Gasteiger partial charge on any atom is 0.256 e. The van der Waals surface area contributed by atoms with Crippen molar-refractivity contribution in [2.24, 2.45) is 4.99 Å². The van der Waals surface area contributed by atoms with Crippen molar-refractivity contribution in [3.8, 4) is 0 Å². The van der Waals surface area contributed by atoms with Crippen LogP contribution in [0.5, 0.6) is 0 Å². The minimum absolute atomic E-state index is 0.429. The fraction of sp³-hybridized carbons (Fsp3) is 0.312. The molecule has 0 aliphatic heterocycles. The molecule has 124 valence electrons.